The summed E-state index contributed by atoms with van der Waals surface area (Å²) in [6, 6.07) is 2.23. The fourth-order valence-electron chi connectivity index (χ4n) is 1.92. The monoisotopic (exact) mass is 265 g/mol. The van der Waals surface area contributed by atoms with Gasteiger partial charge in [-0.25, -0.2) is 4.98 Å². The van der Waals surface area contributed by atoms with Gasteiger partial charge in [0, 0.05) is 30.2 Å². The second-order valence-corrected chi connectivity index (χ2v) is 5.58. The second-order valence-electron chi connectivity index (χ2n) is 4.31. The van der Waals surface area contributed by atoms with Crippen molar-refractivity contribution < 1.29 is 0 Å². The summed E-state index contributed by atoms with van der Waals surface area (Å²) in [4.78, 5) is 5.43. The molecule has 2 aromatic rings. The predicted molar refractivity (Wildman–Crippen MR) is 73.2 cm³/mol. The molecular formula is C12H19N5S. The predicted octanol–water partition coefficient (Wildman–Crippen LogP) is 1.49. The number of aryl methyl sites for hydroxylation is 3. The Balaban J connectivity index is 2.17. The molecule has 0 radical (unpaired) electrons. The zero-order valence-corrected chi connectivity index (χ0v) is 11.8. The zero-order chi connectivity index (χ0) is 13.1. The van der Waals surface area contributed by atoms with Crippen LogP contribution in [0.5, 0.6) is 0 Å². The van der Waals surface area contributed by atoms with E-state index in [-0.39, 0.29) is 6.04 Å². The minimum absolute atomic E-state index is 0.0938. The van der Waals surface area contributed by atoms with Gasteiger partial charge in [0.05, 0.1) is 16.7 Å². The van der Waals surface area contributed by atoms with E-state index in [9.17, 15) is 0 Å². The van der Waals surface area contributed by atoms with Crippen molar-refractivity contribution in [1.82, 2.24) is 20.2 Å². The van der Waals surface area contributed by atoms with Gasteiger partial charge in [-0.05, 0) is 19.4 Å². The van der Waals surface area contributed by atoms with Crippen molar-refractivity contribution in [3.63, 3.8) is 0 Å². The minimum Gasteiger partial charge on any atom is -0.272 e. The molecule has 0 amide bonds. The van der Waals surface area contributed by atoms with Crippen LogP contribution in [0.25, 0.3) is 0 Å². The summed E-state index contributed by atoms with van der Waals surface area (Å²) < 4.78 is 1.93. The Hall–Kier alpha value is -1.24. The smallest absolute Gasteiger partial charge is 0.0897 e. The number of hydrogen-bond acceptors (Lipinski definition) is 5. The number of rotatable bonds is 5. The van der Waals surface area contributed by atoms with Gasteiger partial charge in [0.15, 0.2) is 0 Å². The number of thiazole rings is 1. The van der Waals surface area contributed by atoms with Crippen LogP contribution in [0, 0.1) is 6.92 Å². The first-order chi connectivity index (χ1) is 8.63. The molecule has 0 bridgehead atoms. The molecule has 0 aliphatic carbocycles. The Morgan fingerprint density at radius 1 is 1.56 bits per heavy atom. The number of hydrogen-bond donors (Lipinski definition) is 2. The molecule has 1 unspecified atom stereocenters. The molecule has 6 heteroatoms. The van der Waals surface area contributed by atoms with Crippen LogP contribution in [0.4, 0.5) is 0 Å². The molecule has 0 saturated carbocycles. The van der Waals surface area contributed by atoms with Crippen LogP contribution >= 0.6 is 11.3 Å². The highest BCUT2D eigenvalue weighted by molar-refractivity contribution is 7.11. The van der Waals surface area contributed by atoms with E-state index in [1.807, 2.05) is 24.9 Å². The lowest BCUT2D eigenvalue weighted by molar-refractivity contribution is 0.536. The molecule has 2 heterocycles. The minimum atomic E-state index is 0.0938. The molecular weight excluding hydrogens is 246 g/mol. The summed E-state index contributed by atoms with van der Waals surface area (Å²) in [5.74, 6) is 5.65. The number of hydrazine groups is 1. The molecule has 2 aromatic heterocycles. The average Bonchev–Trinajstić information content (AvgIpc) is 2.93. The van der Waals surface area contributed by atoms with Gasteiger partial charge in [-0.3, -0.25) is 16.0 Å². The molecule has 2 rings (SSSR count). The van der Waals surface area contributed by atoms with Gasteiger partial charge in [0.2, 0.25) is 0 Å². The molecule has 0 spiro atoms. The molecule has 3 N–H and O–H groups in total. The first kappa shape index (κ1) is 13.2. The fraction of sp³-hybridized carbons (Fsp3) is 0.500. The molecule has 98 valence electrons. The Bertz CT molecular complexity index is 516. The van der Waals surface area contributed by atoms with E-state index < -0.39 is 0 Å². The van der Waals surface area contributed by atoms with Crippen molar-refractivity contribution in [2.75, 3.05) is 0 Å². The third kappa shape index (κ3) is 2.77. The van der Waals surface area contributed by atoms with Gasteiger partial charge in [-0.1, -0.05) is 6.92 Å². The van der Waals surface area contributed by atoms with E-state index in [0.717, 1.165) is 28.4 Å². The Morgan fingerprint density at radius 2 is 2.33 bits per heavy atom. The number of nitrogens with one attached hydrogen (secondary N) is 1. The summed E-state index contributed by atoms with van der Waals surface area (Å²) >= 11 is 1.67. The summed E-state index contributed by atoms with van der Waals surface area (Å²) in [6.45, 7) is 4.11. The maximum absolute atomic E-state index is 5.65. The topological polar surface area (TPSA) is 68.8 Å². The van der Waals surface area contributed by atoms with Crippen LogP contribution in [-0.2, 0) is 19.9 Å². The van der Waals surface area contributed by atoms with Crippen LogP contribution in [0.2, 0.25) is 0 Å². The molecule has 0 aliphatic heterocycles. The second kappa shape index (κ2) is 5.60. The van der Waals surface area contributed by atoms with Crippen molar-refractivity contribution in [1.29, 1.82) is 0 Å². The van der Waals surface area contributed by atoms with E-state index in [0.29, 0.717) is 0 Å². The maximum Gasteiger partial charge on any atom is 0.0897 e. The van der Waals surface area contributed by atoms with E-state index in [1.54, 1.807) is 11.3 Å². The van der Waals surface area contributed by atoms with Crippen molar-refractivity contribution in [3.8, 4) is 0 Å². The summed E-state index contributed by atoms with van der Waals surface area (Å²) in [7, 11) is 1.97. The van der Waals surface area contributed by atoms with Crippen molar-refractivity contribution in [2.45, 2.75) is 32.7 Å². The van der Waals surface area contributed by atoms with Crippen LogP contribution in [-0.4, -0.2) is 14.8 Å². The molecule has 0 aliphatic rings. The summed E-state index contributed by atoms with van der Waals surface area (Å²) in [5.41, 5.74) is 5.16. The Labute approximate surface area is 111 Å². The molecule has 1 atom stereocenters. The van der Waals surface area contributed by atoms with Crippen LogP contribution in [0.3, 0.4) is 0 Å². The largest absolute Gasteiger partial charge is 0.272 e. The zero-order valence-electron chi connectivity index (χ0n) is 11.0. The van der Waals surface area contributed by atoms with E-state index >= 15 is 0 Å². The first-order valence-electron chi connectivity index (χ1n) is 6.04. The third-order valence-electron chi connectivity index (χ3n) is 2.99. The van der Waals surface area contributed by atoms with Crippen molar-refractivity contribution >= 4 is 11.3 Å². The highest BCUT2D eigenvalue weighted by atomic mass is 32.1. The van der Waals surface area contributed by atoms with Gasteiger partial charge < -0.3 is 0 Å². The van der Waals surface area contributed by atoms with Gasteiger partial charge in [0.25, 0.3) is 0 Å². The normalized spacial score (nSPS) is 12.9. The van der Waals surface area contributed by atoms with Crippen LogP contribution in [0.15, 0.2) is 12.3 Å². The SMILES string of the molecule is CCc1cc(CC(NN)c2cnc(C)s2)n(C)n1. The Kier molecular flexibility index (Phi) is 4.11. The van der Waals surface area contributed by atoms with Crippen LogP contribution < -0.4 is 11.3 Å². The van der Waals surface area contributed by atoms with E-state index in [2.05, 4.69) is 28.5 Å². The fourth-order valence-corrected chi connectivity index (χ4v) is 2.77. The number of aromatic nitrogens is 3. The van der Waals surface area contributed by atoms with Gasteiger partial charge in [-0.15, -0.1) is 11.3 Å². The van der Waals surface area contributed by atoms with Gasteiger partial charge in [0.1, 0.15) is 0 Å². The van der Waals surface area contributed by atoms with Crippen LogP contribution in [0.1, 0.15) is 34.2 Å². The highest BCUT2D eigenvalue weighted by Gasteiger charge is 2.16. The van der Waals surface area contributed by atoms with E-state index in [4.69, 9.17) is 5.84 Å². The lowest BCUT2D eigenvalue weighted by Crippen LogP contribution is -2.29. The Morgan fingerprint density at radius 3 is 2.83 bits per heavy atom. The maximum atomic E-state index is 5.65. The highest BCUT2D eigenvalue weighted by Crippen LogP contribution is 2.23. The molecule has 0 fully saturated rings. The molecule has 5 nitrogen and oxygen atoms in total. The lowest BCUT2D eigenvalue weighted by Gasteiger charge is -2.13. The van der Waals surface area contributed by atoms with Gasteiger partial charge in [-0.2, -0.15) is 5.10 Å². The summed E-state index contributed by atoms with van der Waals surface area (Å²) in [5, 5.41) is 5.51. The summed E-state index contributed by atoms with van der Waals surface area (Å²) in [6.07, 6.45) is 3.66. The van der Waals surface area contributed by atoms with Crippen molar-refractivity contribution in [2.24, 2.45) is 12.9 Å². The third-order valence-corrected chi connectivity index (χ3v) is 4.01. The molecule has 0 saturated heterocycles. The lowest BCUT2D eigenvalue weighted by atomic mass is 10.1. The average molecular weight is 265 g/mol. The molecule has 0 aromatic carbocycles. The number of nitrogens with zero attached hydrogens (tertiary/aromatic N) is 3. The van der Waals surface area contributed by atoms with E-state index in [1.165, 1.54) is 5.69 Å². The van der Waals surface area contributed by atoms with Crippen molar-refractivity contribution in [3.05, 3.63) is 33.5 Å². The molecule has 18 heavy (non-hydrogen) atoms. The standard InChI is InChI=1S/C12H19N5S/c1-4-9-5-10(17(3)16-9)6-11(15-13)12-7-14-8(2)18-12/h5,7,11,15H,4,6,13H2,1-3H3. The van der Waals surface area contributed by atoms with Gasteiger partial charge >= 0.3 is 0 Å². The quantitative estimate of drug-likeness (QED) is 0.635. The first-order valence-corrected chi connectivity index (χ1v) is 6.86. The number of nitrogens with two attached hydrogens (primary N) is 1.